The van der Waals surface area contributed by atoms with E-state index in [1.807, 2.05) is 0 Å². The summed E-state index contributed by atoms with van der Waals surface area (Å²) in [6, 6.07) is 8.67. The van der Waals surface area contributed by atoms with Crippen molar-refractivity contribution in [1.29, 1.82) is 0 Å². The fraction of sp³-hybridized carbons (Fsp3) is 0.556. The molecule has 2 heterocycles. The molecule has 1 saturated heterocycles. The molecule has 1 aromatic heterocycles. The van der Waals surface area contributed by atoms with Crippen molar-refractivity contribution < 1.29 is 17.7 Å². The maximum absolute atomic E-state index is 11.6. The average Bonchev–Trinajstić information content (AvgIpc) is 3.10. The van der Waals surface area contributed by atoms with Gasteiger partial charge in [0.2, 0.25) is 5.89 Å². The lowest BCUT2D eigenvalue weighted by Crippen LogP contribution is -3.07. The standard InChI is InChI=1S/C18H25N3O3S2/c1-13(2)15-6-4-14(5-7-15)10-20(3)12-21-18(25)24-17(19-21)16-8-9-26(22,23)11-16/h4-7,13,16H,8-12H2,1-3H3/p+1/t16-/m1/s1. The molecule has 1 fully saturated rings. The van der Waals surface area contributed by atoms with Gasteiger partial charge in [0, 0.05) is 5.56 Å². The van der Waals surface area contributed by atoms with Crippen LogP contribution in [0.25, 0.3) is 0 Å². The summed E-state index contributed by atoms with van der Waals surface area (Å²) in [5.74, 6) is 1.11. The summed E-state index contributed by atoms with van der Waals surface area (Å²) < 4.78 is 30.5. The molecule has 0 aliphatic carbocycles. The Morgan fingerprint density at radius 2 is 2.04 bits per heavy atom. The van der Waals surface area contributed by atoms with Gasteiger partial charge < -0.3 is 9.32 Å². The third-order valence-corrected chi connectivity index (χ3v) is 6.84. The monoisotopic (exact) mass is 396 g/mol. The number of hydrogen-bond acceptors (Lipinski definition) is 5. The van der Waals surface area contributed by atoms with Crippen molar-refractivity contribution in [2.24, 2.45) is 0 Å². The van der Waals surface area contributed by atoms with Crippen LogP contribution < -0.4 is 4.90 Å². The van der Waals surface area contributed by atoms with Crippen molar-refractivity contribution in [3.05, 3.63) is 46.1 Å². The maximum atomic E-state index is 11.6. The summed E-state index contributed by atoms with van der Waals surface area (Å²) in [6.07, 6.45) is 0.558. The molecule has 1 aromatic carbocycles. The van der Waals surface area contributed by atoms with E-state index in [4.69, 9.17) is 16.6 Å². The zero-order valence-electron chi connectivity index (χ0n) is 15.4. The molecule has 0 amide bonds. The largest absolute Gasteiger partial charge is 0.413 e. The molecule has 1 aliphatic rings. The van der Waals surface area contributed by atoms with Crippen LogP contribution >= 0.6 is 12.2 Å². The summed E-state index contributed by atoms with van der Waals surface area (Å²) >= 11 is 5.27. The Kier molecular flexibility index (Phi) is 5.64. The first-order chi connectivity index (χ1) is 12.2. The predicted octanol–water partition coefficient (Wildman–Crippen LogP) is 1.90. The van der Waals surface area contributed by atoms with Crippen LogP contribution in [0.15, 0.2) is 28.7 Å². The van der Waals surface area contributed by atoms with Gasteiger partial charge in [-0.2, -0.15) is 4.68 Å². The van der Waals surface area contributed by atoms with Gasteiger partial charge in [-0.1, -0.05) is 38.1 Å². The van der Waals surface area contributed by atoms with E-state index >= 15 is 0 Å². The normalized spacial score (nSPS) is 20.5. The molecular formula is C18H26N3O3S2+. The molecule has 0 bridgehead atoms. The van der Waals surface area contributed by atoms with Gasteiger partial charge in [-0.15, -0.1) is 5.10 Å². The first-order valence-electron chi connectivity index (χ1n) is 8.92. The fourth-order valence-corrected chi connectivity index (χ4v) is 5.18. The van der Waals surface area contributed by atoms with Crippen molar-refractivity contribution in [2.75, 3.05) is 18.6 Å². The van der Waals surface area contributed by atoms with E-state index in [-0.39, 0.29) is 17.4 Å². The Balaban J connectivity index is 1.64. The lowest BCUT2D eigenvalue weighted by Gasteiger charge is -2.14. The number of aromatic nitrogens is 2. The van der Waals surface area contributed by atoms with Crippen molar-refractivity contribution >= 4 is 22.1 Å². The smallest absolute Gasteiger partial charge is 0.291 e. The number of rotatable bonds is 6. The van der Waals surface area contributed by atoms with E-state index in [1.54, 1.807) is 4.68 Å². The van der Waals surface area contributed by atoms with E-state index < -0.39 is 9.84 Å². The van der Waals surface area contributed by atoms with Gasteiger partial charge in [-0.05, 0) is 30.1 Å². The summed E-state index contributed by atoms with van der Waals surface area (Å²) in [5.41, 5.74) is 2.59. The van der Waals surface area contributed by atoms with Gasteiger partial charge in [0.1, 0.15) is 6.54 Å². The second kappa shape index (κ2) is 7.62. The number of nitrogens with one attached hydrogen (secondary N) is 1. The Labute approximate surface area is 159 Å². The molecule has 8 heteroatoms. The highest BCUT2D eigenvalue weighted by atomic mass is 32.2. The molecule has 0 spiro atoms. The summed E-state index contributed by atoms with van der Waals surface area (Å²) in [5, 5.41) is 4.44. The van der Waals surface area contributed by atoms with Crippen molar-refractivity contribution in [3.63, 3.8) is 0 Å². The SMILES string of the molecule is CC(C)c1ccc(C[NH+](C)Cn2nc([C@@H]3CCS(=O)(=O)C3)oc2=S)cc1. The van der Waals surface area contributed by atoms with Crippen LogP contribution in [-0.4, -0.2) is 36.8 Å². The van der Waals surface area contributed by atoms with Gasteiger partial charge >= 0.3 is 0 Å². The lowest BCUT2D eigenvalue weighted by atomic mass is 10.0. The number of nitrogens with zero attached hydrogens (tertiary/aromatic N) is 2. The molecule has 2 aromatic rings. The second-order valence-corrected chi connectivity index (χ2v) is 10.1. The number of hydrogen-bond donors (Lipinski definition) is 1. The first kappa shape index (κ1) is 19.3. The highest BCUT2D eigenvalue weighted by Gasteiger charge is 2.32. The highest BCUT2D eigenvalue weighted by Crippen LogP contribution is 2.27. The van der Waals surface area contributed by atoms with Crippen LogP contribution in [0.5, 0.6) is 0 Å². The summed E-state index contributed by atoms with van der Waals surface area (Å²) in [7, 11) is -0.893. The number of benzene rings is 1. The van der Waals surface area contributed by atoms with Gasteiger partial charge in [0.05, 0.1) is 24.5 Å². The quantitative estimate of drug-likeness (QED) is 0.756. The van der Waals surface area contributed by atoms with Gasteiger partial charge in [0.25, 0.3) is 4.84 Å². The van der Waals surface area contributed by atoms with Gasteiger partial charge in [0.15, 0.2) is 16.5 Å². The highest BCUT2D eigenvalue weighted by molar-refractivity contribution is 7.91. The van der Waals surface area contributed by atoms with E-state index in [1.165, 1.54) is 16.0 Å². The Morgan fingerprint density at radius 1 is 1.35 bits per heavy atom. The molecule has 1 aliphatic heterocycles. The third kappa shape index (κ3) is 4.61. The van der Waals surface area contributed by atoms with E-state index in [0.717, 1.165) is 6.54 Å². The number of sulfone groups is 1. The van der Waals surface area contributed by atoms with Crippen LogP contribution in [0.3, 0.4) is 0 Å². The molecule has 3 rings (SSSR count). The molecule has 0 saturated carbocycles. The molecule has 26 heavy (non-hydrogen) atoms. The fourth-order valence-electron chi connectivity index (χ4n) is 3.26. The maximum Gasteiger partial charge on any atom is 0.291 e. The number of quaternary nitrogens is 1. The van der Waals surface area contributed by atoms with Gasteiger partial charge in [-0.3, -0.25) is 0 Å². The summed E-state index contributed by atoms with van der Waals surface area (Å²) in [4.78, 5) is 1.52. The van der Waals surface area contributed by atoms with E-state index in [2.05, 4.69) is 50.3 Å². The summed E-state index contributed by atoms with van der Waals surface area (Å²) in [6.45, 7) is 5.80. The van der Waals surface area contributed by atoms with Crippen molar-refractivity contribution in [1.82, 2.24) is 9.78 Å². The second-order valence-electron chi connectivity index (χ2n) is 7.49. The van der Waals surface area contributed by atoms with Crippen LogP contribution in [0.4, 0.5) is 0 Å². The predicted molar refractivity (Wildman–Crippen MR) is 102 cm³/mol. The molecule has 142 valence electrons. The third-order valence-electron chi connectivity index (χ3n) is 4.78. The first-order valence-corrected chi connectivity index (χ1v) is 11.1. The van der Waals surface area contributed by atoms with Crippen LogP contribution in [0.1, 0.15) is 49.1 Å². The topological polar surface area (TPSA) is 69.5 Å². The van der Waals surface area contributed by atoms with Crippen molar-refractivity contribution in [3.8, 4) is 0 Å². The molecule has 2 atom stereocenters. The van der Waals surface area contributed by atoms with Crippen LogP contribution in [0, 0.1) is 4.84 Å². The Hall–Kier alpha value is -1.51. The minimum atomic E-state index is -2.97. The minimum Gasteiger partial charge on any atom is -0.413 e. The van der Waals surface area contributed by atoms with Crippen molar-refractivity contribution in [2.45, 2.75) is 45.3 Å². The molecule has 0 radical (unpaired) electrons. The van der Waals surface area contributed by atoms with Crippen LogP contribution in [-0.2, 0) is 23.1 Å². The van der Waals surface area contributed by atoms with Crippen LogP contribution in [0.2, 0.25) is 0 Å². The minimum absolute atomic E-state index is 0.104. The average molecular weight is 397 g/mol. The molecular weight excluding hydrogens is 370 g/mol. The van der Waals surface area contributed by atoms with Gasteiger partial charge in [-0.25, -0.2) is 8.42 Å². The Morgan fingerprint density at radius 3 is 2.62 bits per heavy atom. The zero-order chi connectivity index (χ0) is 18.9. The van der Waals surface area contributed by atoms with E-state index in [9.17, 15) is 8.42 Å². The Bertz CT molecular complexity index is 914. The zero-order valence-corrected chi connectivity index (χ0v) is 17.1. The molecule has 1 unspecified atom stereocenters. The molecule has 6 nitrogen and oxygen atoms in total. The lowest BCUT2D eigenvalue weighted by molar-refractivity contribution is -0.917. The van der Waals surface area contributed by atoms with E-state index in [0.29, 0.717) is 29.7 Å². The molecule has 1 N–H and O–H groups in total.